The molecule has 0 N–H and O–H groups in total. The van der Waals surface area contributed by atoms with Gasteiger partial charge in [0.2, 0.25) is 11.2 Å². The largest absolute Gasteiger partial charge is 0.463 e. The van der Waals surface area contributed by atoms with Crippen molar-refractivity contribution < 1.29 is 4.74 Å². The molecule has 0 aliphatic carbocycles. The monoisotopic (exact) mass is 309 g/mol. The summed E-state index contributed by atoms with van der Waals surface area (Å²) in [7, 11) is 0. The van der Waals surface area contributed by atoms with Crippen molar-refractivity contribution in [2.24, 2.45) is 0 Å². The van der Waals surface area contributed by atoms with Crippen LogP contribution in [0.3, 0.4) is 0 Å². The van der Waals surface area contributed by atoms with E-state index in [9.17, 15) is 0 Å². The van der Waals surface area contributed by atoms with Crippen molar-refractivity contribution in [2.45, 2.75) is 45.4 Å². The highest BCUT2D eigenvalue weighted by atomic mass is 35.5. The average Bonchev–Trinajstić information content (AvgIpc) is 3.00. The van der Waals surface area contributed by atoms with E-state index in [1.54, 1.807) is 23.3 Å². The Hall–Kier alpha value is -1.69. The van der Waals surface area contributed by atoms with Gasteiger partial charge in [-0.2, -0.15) is 15.0 Å². The van der Waals surface area contributed by atoms with Crippen molar-refractivity contribution >= 4 is 11.6 Å². The molecule has 2 heterocycles. The molecule has 0 saturated carbocycles. The predicted octanol–water partition coefficient (Wildman–Crippen LogP) is 3.45. The Labute approximate surface area is 129 Å². The zero-order valence-electron chi connectivity index (χ0n) is 12.2. The van der Waals surface area contributed by atoms with Crippen LogP contribution in [0.5, 0.6) is 6.01 Å². The molecule has 6 nitrogen and oxygen atoms in total. The molecule has 0 spiro atoms. The number of hydrogen-bond acceptors (Lipinski definition) is 5. The molecule has 21 heavy (non-hydrogen) atoms. The zero-order chi connectivity index (χ0) is 14.9. The fourth-order valence-electron chi connectivity index (χ4n) is 1.93. The van der Waals surface area contributed by atoms with E-state index in [4.69, 9.17) is 16.3 Å². The smallest absolute Gasteiger partial charge is 0.322 e. The summed E-state index contributed by atoms with van der Waals surface area (Å²) in [5, 5.41) is 0.117. The molecule has 0 aliphatic rings. The van der Waals surface area contributed by atoms with Crippen LogP contribution in [0.2, 0.25) is 5.28 Å². The average molecular weight is 310 g/mol. The second-order valence-electron chi connectivity index (χ2n) is 4.77. The van der Waals surface area contributed by atoms with E-state index in [1.165, 1.54) is 25.7 Å². The van der Waals surface area contributed by atoms with Gasteiger partial charge in [-0.25, -0.2) is 4.98 Å². The third kappa shape index (κ3) is 5.30. The van der Waals surface area contributed by atoms with Crippen molar-refractivity contribution in [3.63, 3.8) is 0 Å². The summed E-state index contributed by atoms with van der Waals surface area (Å²) in [5.74, 6) is 0.408. The Kier molecular flexibility index (Phi) is 6.40. The minimum Gasteiger partial charge on any atom is -0.463 e. The van der Waals surface area contributed by atoms with Gasteiger partial charge in [0.15, 0.2) is 0 Å². The molecule has 0 amide bonds. The molecule has 0 saturated heterocycles. The van der Waals surface area contributed by atoms with E-state index in [0.29, 0.717) is 12.6 Å². The summed E-state index contributed by atoms with van der Waals surface area (Å²) in [6, 6.07) is 0.257. The number of aromatic nitrogens is 5. The summed E-state index contributed by atoms with van der Waals surface area (Å²) in [4.78, 5) is 16.2. The predicted molar refractivity (Wildman–Crippen MR) is 80.8 cm³/mol. The molecule has 0 aromatic carbocycles. The van der Waals surface area contributed by atoms with E-state index in [2.05, 4.69) is 26.9 Å². The van der Waals surface area contributed by atoms with Crippen LogP contribution in [0.25, 0.3) is 5.95 Å². The minimum absolute atomic E-state index is 0.117. The van der Waals surface area contributed by atoms with Gasteiger partial charge in [-0.1, -0.05) is 39.0 Å². The van der Waals surface area contributed by atoms with Crippen LogP contribution < -0.4 is 4.74 Å². The highest BCUT2D eigenvalue weighted by molar-refractivity contribution is 6.28. The lowest BCUT2D eigenvalue weighted by Crippen LogP contribution is -2.06. The van der Waals surface area contributed by atoms with Crippen molar-refractivity contribution in [1.29, 1.82) is 0 Å². The van der Waals surface area contributed by atoms with Crippen molar-refractivity contribution in [3.05, 3.63) is 24.0 Å². The van der Waals surface area contributed by atoms with Crippen molar-refractivity contribution in [2.75, 3.05) is 6.61 Å². The first kappa shape index (κ1) is 15.7. The lowest BCUT2D eigenvalue weighted by Gasteiger charge is -2.06. The van der Waals surface area contributed by atoms with Gasteiger partial charge in [0, 0.05) is 12.4 Å². The number of ether oxygens (including phenoxy) is 1. The molecule has 0 fully saturated rings. The Morgan fingerprint density at radius 2 is 1.90 bits per heavy atom. The molecule has 0 aliphatic heterocycles. The van der Waals surface area contributed by atoms with Gasteiger partial charge in [-0.15, -0.1) is 0 Å². The Bertz CT molecular complexity index is 532. The van der Waals surface area contributed by atoms with Crippen LogP contribution in [-0.2, 0) is 0 Å². The lowest BCUT2D eigenvalue weighted by molar-refractivity contribution is 0.280. The Morgan fingerprint density at radius 3 is 2.67 bits per heavy atom. The molecule has 0 atom stereocenters. The van der Waals surface area contributed by atoms with Crippen LogP contribution in [0.4, 0.5) is 0 Å². The molecule has 114 valence electrons. The van der Waals surface area contributed by atoms with Gasteiger partial charge < -0.3 is 4.74 Å². The normalized spacial score (nSPS) is 10.8. The Morgan fingerprint density at radius 1 is 1.10 bits per heavy atom. The van der Waals surface area contributed by atoms with E-state index in [0.717, 1.165) is 12.8 Å². The number of imidazole rings is 1. The van der Waals surface area contributed by atoms with E-state index in [-0.39, 0.29) is 11.3 Å². The van der Waals surface area contributed by atoms with Crippen LogP contribution in [0.1, 0.15) is 45.4 Å². The molecular formula is C14H20ClN5O. The van der Waals surface area contributed by atoms with Gasteiger partial charge in [-0.05, 0) is 18.0 Å². The zero-order valence-corrected chi connectivity index (χ0v) is 13.0. The third-order valence-corrected chi connectivity index (χ3v) is 3.21. The van der Waals surface area contributed by atoms with Gasteiger partial charge in [-0.3, -0.25) is 4.57 Å². The maximum absolute atomic E-state index is 5.89. The molecule has 0 bridgehead atoms. The number of hydrogen-bond donors (Lipinski definition) is 0. The fourth-order valence-corrected chi connectivity index (χ4v) is 2.07. The lowest BCUT2D eigenvalue weighted by atomic mass is 10.1. The molecule has 0 radical (unpaired) electrons. The third-order valence-electron chi connectivity index (χ3n) is 3.04. The quantitative estimate of drug-likeness (QED) is 0.664. The first-order chi connectivity index (χ1) is 10.3. The Balaban J connectivity index is 1.81. The standard InChI is InChI=1S/C14H20ClN5O/c1-2-3-4-5-6-7-10-21-14-18-12(15)17-13(19-14)20-9-8-16-11-20/h8-9,11H,2-7,10H2,1H3. The second-order valence-corrected chi connectivity index (χ2v) is 5.11. The fraction of sp³-hybridized carbons (Fsp3) is 0.571. The van der Waals surface area contributed by atoms with Crippen molar-refractivity contribution in [3.8, 4) is 12.0 Å². The number of halogens is 1. The molecule has 2 aromatic heterocycles. The van der Waals surface area contributed by atoms with Crippen LogP contribution >= 0.6 is 11.6 Å². The first-order valence-electron chi connectivity index (χ1n) is 7.32. The van der Waals surface area contributed by atoms with Gasteiger partial charge in [0.05, 0.1) is 6.61 Å². The number of unbranched alkanes of at least 4 members (excludes halogenated alkanes) is 5. The van der Waals surface area contributed by atoms with Gasteiger partial charge >= 0.3 is 6.01 Å². The van der Waals surface area contributed by atoms with E-state index >= 15 is 0 Å². The molecule has 2 aromatic rings. The SMILES string of the molecule is CCCCCCCCOc1nc(Cl)nc(-n2ccnc2)n1. The van der Waals surface area contributed by atoms with Gasteiger partial charge in [0.25, 0.3) is 0 Å². The maximum Gasteiger partial charge on any atom is 0.322 e. The van der Waals surface area contributed by atoms with Crippen LogP contribution in [-0.4, -0.2) is 31.1 Å². The molecule has 0 unspecified atom stereocenters. The van der Waals surface area contributed by atoms with E-state index < -0.39 is 0 Å². The highest BCUT2D eigenvalue weighted by Gasteiger charge is 2.07. The summed E-state index contributed by atoms with van der Waals surface area (Å²) in [5.41, 5.74) is 0. The maximum atomic E-state index is 5.89. The van der Waals surface area contributed by atoms with Crippen LogP contribution in [0.15, 0.2) is 18.7 Å². The number of rotatable bonds is 9. The molecular weight excluding hydrogens is 290 g/mol. The second kappa shape index (κ2) is 8.56. The first-order valence-corrected chi connectivity index (χ1v) is 7.70. The van der Waals surface area contributed by atoms with Crippen LogP contribution in [0, 0.1) is 0 Å². The summed E-state index contributed by atoms with van der Waals surface area (Å²) < 4.78 is 7.21. The highest BCUT2D eigenvalue weighted by Crippen LogP contribution is 2.12. The summed E-state index contributed by atoms with van der Waals surface area (Å²) in [6.45, 7) is 2.81. The topological polar surface area (TPSA) is 65.7 Å². The van der Waals surface area contributed by atoms with E-state index in [1.807, 2.05) is 0 Å². The minimum atomic E-state index is 0.117. The van der Waals surface area contributed by atoms with Gasteiger partial charge in [0.1, 0.15) is 6.33 Å². The molecule has 7 heteroatoms. The summed E-state index contributed by atoms with van der Waals surface area (Å²) >= 11 is 5.89. The molecule has 2 rings (SSSR count). The summed E-state index contributed by atoms with van der Waals surface area (Å²) in [6.07, 6.45) is 12.2. The van der Waals surface area contributed by atoms with Crippen molar-refractivity contribution in [1.82, 2.24) is 24.5 Å². The number of nitrogens with zero attached hydrogens (tertiary/aromatic N) is 5.